The van der Waals surface area contributed by atoms with Gasteiger partial charge < -0.3 is 15.4 Å². The number of hydrogen-bond donors (Lipinski definition) is 2. The SMILES string of the molecule is O=C(NCc1ccnc(OCF)c1)Nc1cccc(Cl)c1. The molecule has 1 aromatic carbocycles. The first-order valence-electron chi connectivity index (χ1n) is 6.11. The smallest absolute Gasteiger partial charge is 0.319 e. The largest absolute Gasteiger partial charge is 0.446 e. The third kappa shape index (κ3) is 4.92. The molecule has 0 aliphatic heterocycles. The van der Waals surface area contributed by atoms with Crippen LogP contribution < -0.4 is 15.4 Å². The van der Waals surface area contributed by atoms with Gasteiger partial charge in [0, 0.05) is 29.5 Å². The fraction of sp³-hybridized carbons (Fsp3) is 0.143. The van der Waals surface area contributed by atoms with E-state index < -0.39 is 6.86 Å². The van der Waals surface area contributed by atoms with Crippen LogP contribution in [0.5, 0.6) is 5.88 Å². The Kier molecular flexibility index (Phi) is 5.34. The summed E-state index contributed by atoms with van der Waals surface area (Å²) < 4.78 is 16.7. The van der Waals surface area contributed by atoms with E-state index in [1.165, 1.54) is 6.20 Å². The summed E-state index contributed by atoms with van der Waals surface area (Å²) in [6.45, 7) is -0.684. The predicted molar refractivity (Wildman–Crippen MR) is 78.2 cm³/mol. The molecule has 5 nitrogen and oxygen atoms in total. The lowest BCUT2D eigenvalue weighted by Crippen LogP contribution is -2.28. The van der Waals surface area contributed by atoms with Crippen LogP contribution in [0.15, 0.2) is 42.6 Å². The number of aromatic nitrogens is 1. The van der Waals surface area contributed by atoms with Crippen LogP contribution in [0.1, 0.15) is 5.56 Å². The number of hydrogen-bond acceptors (Lipinski definition) is 3. The van der Waals surface area contributed by atoms with E-state index in [2.05, 4.69) is 20.4 Å². The third-order valence-electron chi connectivity index (χ3n) is 2.54. The highest BCUT2D eigenvalue weighted by molar-refractivity contribution is 6.30. The van der Waals surface area contributed by atoms with Gasteiger partial charge in [-0.3, -0.25) is 0 Å². The summed E-state index contributed by atoms with van der Waals surface area (Å²) in [5.74, 6) is 0.173. The maximum Gasteiger partial charge on any atom is 0.319 e. The number of rotatable bonds is 5. The monoisotopic (exact) mass is 309 g/mol. The predicted octanol–water partition coefficient (Wildman–Crippen LogP) is 3.36. The lowest BCUT2D eigenvalue weighted by atomic mass is 10.2. The van der Waals surface area contributed by atoms with Gasteiger partial charge in [0.05, 0.1) is 0 Å². The summed E-state index contributed by atoms with van der Waals surface area (Å²) in [4.78, 5) is 15.6. The number of urea groups is 1. The summed E-state index contributed by atoms with van der Waals surface area (Å²) in [5.41, 5.74) is 1.34. The molecule has 0 atom stereocenters. The first kappa shape index (κ1) is 15.1. The summed E-state index contributed by atoms with van der Waals surface area (Å²) >= 11 is 5.83. The number of amides is 2. The Bertz CT molecular complexity index is 625. The van der Waals surface area contributed by atoms with E-state index in [-0.39, 0.29) is 18.5 Å². The van der Waals surface area contributed by atoms with E-state index in [9.17, 15) is 9.18 Å². The van der Waals surface area contributed by atoms with Crippen LogP contribution in [-0.2, 0) is 6.54 Å². The van der Waals surface area contributed by atoms with Crippen LogP contribution in [0, 0.1) is 0 Å². The van der Waals surface area contributed by atoms with Crippen molar-refractivity contribution in [2.24, 2.45) is 0 Å². The molecular formula is C14H13ClFN3O2. The highest BCUT2D eigenvalue weighted by atomic mass is 35.5. The Labute approximate surface area is 126 Å². The molecule has 0 saturated heterocycles. The van der Waals surface area contributed by atoms with Crippen molar-refractivity contribution in [3.05, 3.63) is 53.2 Å². The van der Waals surface area contributed by atoms with E-state index in [0.29, 0.717) is 10.7 Å². The zero-order valence-electron chi connectivity index (χ0n) is 11.0. The van der Waals surface area contributed by atoms with Gasteiger partial charge in [-0.25, -0.2) is 14.2 Å². The van der Waals surface area contributed by atoms with Crippen molar-refractivity contribution in [2.45, 2.75) is 6.54 Å². The first-order chi connectivity index (χ1) is 10.2. The normalized spacial score (nSPS) is 10.0. The number of carbonyl (C=O) groups is 1. The number of carbonyl (C=O) groups excluding carboxylic acids is 1. The molecule has 0 bridgehead atoms. The molecule has 0 fully saturated rings. The summed E-state index contributed by atoms with van der Waals surface area (Å²) in [5, 5.41) is 5.85. The second-order valence-electron chi connectivity index (χ2n) is 4.07. The van der Waals surface area contributed by atoms with Gasteiger partial charge in [0.15, 0.2) is 0 Å². The van der Waals surface area contributed by atoms with Gasteiger partial charge in [-0.2, -0.15) is 0 Å². The van der Waals surface area contributed by atoms with E-state index in [4.69, 9.17) is 11.6 Å². The van der Waals surface area contributed by atoms with Crippen molar-refractivity contribution < 1.29 is 13.9 Å². The zero-order valence-corrected chi connectivity index (χ0v) is 11.7. The Balaban J connectivity index is 1.87. The Morgan fingerprint density at radius 1 is 1.33 bits per heavy atom. The van der Waals surface area contributed by atoms with Gasteiger partial charge in [-0.15, -0.1) is 0 Å². The Hall–Kier alpha value is -2.34. The molecule has 2 N–H and O–H groups in total. The average molecular weight is 310 g/mol. The van der Waals surface area contributed by atoms with Crippen molar-refractivity contribution in [3.63, 3.8) is 0 Å². The maximum absolute atomic E-state index is 12.0. The second kappa shape index (κ2) is 7.44. The van der Waals surface area contributed by atoms with Gasteiger partial charge in [-0.1, -0.05) is 17.7 Å². The number of halogens is 2. The molecule has 2 amide bonds. The Morgan fingerprint density at radius 3 is 2.95 bits per heavy atom. The maximum atomic E-state index is 12.0. The number of nitrogens with zero attached hydrogens (tertiary/aromatic N) is 1. The van der Waals surface area contributed by atoms with E-state index in [0.717, 1.165) is 5.56 Å². The molecule has 21 heavy (non-hydrogen) atoms. The lowest BCUT2D eigenvalue weighted by Gasteiger charge is -2.08. The topological polar surface area (TPSA) is 63.2 Å². The summed E-state index contributed by atoms with van der Waals surface area (Å²) in [6.07, 6.45) is 1.48. The number of ether oxygens (including phenoxy) is 1. The van der Waals surface area contributed by atoms with Crippen LogP contribution in [0.25, 0.3) is 0 Å². The fourth-order valence-electron chi connectivity index (χ4n) is 1.62. The van der Waals surface area contributed by atoms with Crippen molar-refractivity contribution in [1.82, 2.24) is 10.3 Å². The number of benzene rings is 1. The van der Waals surface area contributed by atoms with Crippen LogP contribution in [0.4, 0.5) is 14.9 Å². The molecule has 110 valence electrons. The van der Waals surface area contributed by atoms with Crippen LogP contribution in [0.3, 0.4) is 0 Å². The molecule has 7 heteroatoms. The van der Waals surface area contributed by atoms with Crippen molar-refractivity contribution in [2.75, 3.05) is 12.2 Å². The van der Waals surface area contributed by atoms with Gasteiger partial charge >= 0.3 is 6.03 Å². The molecule has 0 spiro atoms. The molecule has 1 heterocycles. The second-order valence-corrected chi connectivity index (χ2v) is 4.51. The standard InChI is InChI=1S/C14H13ClFN3O2/c15-11-2-1-3-12(7-11)19-14(20)18-8-10-4-5-17-13(6-10)21-9-16/h1-7H,8-9H2,(H2,18,19,20). The van der Waals surface area contributed by atoms with Gasteiger partial charge in [0.25, 0.3) is 0 Å². The van der Waals surface area contributed by atoms with Gasteiger partial charge in [0.2, 0.25) is 12.7 Å². The highest BCUT2D eigenvalue weighted by Gasteiger charge is 2.03. The molecule has 0 aliphatic rings. The number of anilines is 1. The molecule has 0 saturated carbocycles. The molecule has 2 rings (SSSR count). The minimum atomic E-state index is -0.945. The fourth-order valence-corrected chi connectivity index (χ4v) is 1.81. The molecule has 0 aliphatic carbocycles. The summed E-state index contributed by atoms with van der Waals surface area (Å²) in [7, 11) is 0. The molecular weight excluding hydrogens is 297 g/mol. The van der Waals surface area contributed by atoms with Crippen LogP contribution in [0.2, 0.25) is 5.02 Å². The number of pyridine rings is 1. The molecule has 1 aromatic heterocycles. The lowest BCUT2D eigenvalue weighted by molar-refractivity contribution is 0.184. The van der Waals surface area contributed by atoms with Crippen LogP contribution in [-0.4, -0.2) is 17.9 Å². The van der Waals surface area contributed by atoms with Crippen molar-refractivity contribution in [3.8, 4) is 5.88 Å². The van der Waals surface area contributed by atoms with Gasteiger partial charge in [0.1, 0.15) is 0 Å². The highest BCUT2D eigenvalue weighted by Crippen LogP contribution is 2.14. The van der Waals surface area contributed by atoms with Gasteiger partial charge in [-0.05, 0) is 29.8 Å². The average Bonchev–Trinajstić information content (AvgIpc) is 2.46. The third-order valence-corrected chi connectivity index (χ3v) is 2.77. The minimum Gasteiger partial charge on any atom is -0.446 e. The first-order valence-corrected chi connectivity index (χ1v) is 6.49. The number of alkyl halides is 1. The quantitative estimate of drug-likeness (QED) is 0.890. The molecule has 0 unspecified atom stereocenters. The van der Waals surface area contributed by atoms with E-state index in [1.807, 2.05) is 0 Å². The molecule has 2 aromatic rings. The number of nitrogens with one attached hydrogen (secondary N) is 2. The minimum absolute atomic E-state index is 0.173. The molecule has 0 radical (unpaired) electrons. The van der Waals surface area contributed by atoms with Crippen molar-refractivity contribution >= 4 is 23.3 Å². The van der Waals surface area contributed by atoms with E-state index in [1.54, 1.807) is 36.4 Å². The summed E-state index contributed by atoms with van der Waals surface area (Å²) in [6, 6.07) is 9.70. The van der Waals surface area contributed by atoms with E-state index >= 15 is 0 Å². The Morgan fingerprint density at radius 2 is 2.19 bits per heavy atom. The zero-order chi connectivity index (χ0) is 15.1. The van der Waals surface area contributed by atoms with Crippen molar-refractivity contribution in [1.29, 1.82) is 0 Å². The van der Waals surface area contributed by atoms with Crippen LogP contribution >= 0.6 is 11.6 Å².